The fraction of sp³-hybridized carbons (Fsp3) is 0.484. The van der Waals surface area contributed by atoms with Gasteiger partial charge in [0.05, 0.1) is 0 Å². The van der Waals surface area contributed by atoms with E-state index in [-0.39, 0.29) is 51.3 Å². The van der Waals surface area contributed by atoms with Crippen LogP contribution in [0.2, 0.25) is 0 Å². The van der Waals surface area contributed by atoms with E-state index in [1.165, 1.54) is 13.8 Å². The first-order chi connectivity index (χ1) is 22.2. The van der Waals surface area contributed by atoms with Gasteiger partial charge in [-0.3, -0.25) is 38.5 Å². The van der Waals surface area contributed by atoms with E-state index in [2.05, 4.69) is 26.6 Å². The molecule has 3 atom stereocenters. The van der Waals surface area contributed by atoms with E-state index in [1.54, 1.807) is 24.3 Å². The number of anilines is 1. The Bertz CT molecular complexity index is 1340. The molecule has 1 aromatic rings. The fourth-order valence-electron chi connectivity index (χ4n) is 4.40. The van der Waals surface area contributed by atoms with Gasteiger partial charge in [-0.25, -0.2) is 4.79 Å². The SMILES string of the molecule is CC(=O)OCc1ccc(NC(=O)[C@H](CCCNC(N)=O)NC(=O)[C@H](C)NC(=O)[C@@H](CC(C)C)NC(=O)CCN2C(=O)C=CC2=O)cc1. The summed E-state index contributed by atoms with van der Waals surface area (Å²) in [5, 5.41) is 12.9. The van der Waals surface area contributed by atoms with Crippen LogP contribution in [0.4, 0.5) is 10.5 Å². The Labute approximate surface area is 272 Å². The number of hydrogen-bond donors (Lipinski definition) is 6. The van der Waals surface area contributed by atoms with Crippen molar-refractivity contribution in [2.75, 3.05) is 18.4 Å². The number of primary amides is 1. The Kier molecular flexibility index (Phi) is 15.0. The van der Waals surface area contributed by atoms with Crippen molar-refractivity contribution >= 4 is 53.1 Å². The quantitative estimate of drug-likeness (QED) is 0.0705. The van der Waals surface area contributed by atoms with Gasteiger partial charge in [-0.1, -0.05) is 26.0 Å². The predicted molar refractivity (Wildman–Crippen MR) is 169 cm³/mol. The largest absolute Gasteiger partial charge is 0.461 e. The van der Waals surface area contributed by atoms with Crippen molar-refractivity contribution < 1.29 is 43.1 Å². The van der Waals surface area contributed by atoms with Gasteiger partial charge in [-0.15, -0.1) is 0 Å². The number of imide groups is 1. The molecule has 2 rings (SSSR count). The van der Waals surface area contributed by atoms with E-state index in [0.29, 0.717) is 11.3 Å². The third-order valence-corrected chi connectivity index (χ3v) is 6.84. The molecule has 0 saturated carbocycles. The van der Waals surface area contributed by atoms with E-state index in [4.69, 9.17) is 10.5 Å². The van der Waals surface area contributed by atoms with Crippen molar-refractivity contribution in [2.24, 2.45) is 11.7 Å². The summed E-state index contributed by atoms with van der Waals surface area (Å²) in [4.78, 5) is 98.6. The maximum Gasteiger partial charge on any atom is 0.312 e. The van der Waals surface area contributed by atoms with E-state index >= 15 is 0 Å². The number of benzene rings is 1. The average Bonchev–Trinajstić information content (AvgIpc) is 3.32. The predicted octanol–water partition coefficient (Wildman–Crippen LogP) is -0.0278. The summed E-state index contributed by atoms with van der Waals surface area (Å²) in [6.45, 7) is 6.48. The summed E-state index contributed by atoms with van der Waals surface area (Å²) in [5.41, 5.74) is 6.22. The minimum Gasteiger partial charge on any atom is -0.461 e. The Balaban J connectivity index is 2.02. The van der Waals surface area contributed by atoms with E-state index in [9.17, 15) is 38.4 Å². The number of rotatable bonds is 18. The molecular weight excluding hydrogens is 614 g/mol. The molecule has 256 valence electrons. The van der Waals surface area contributed by atoms with Crippen molar-refractivity contribution in [3.8, 4) is 0 Å². The number of nitrogens with zero attached hydrogens (tertiary/aromatic N) is 1. The lowest BCUT2D eigenvalue weighted by atomic mass is 10.0. The van der Waals surface area contributed by atoms with Crippen LogP contribution in [0, 0.1) is 5.92 Å². The van der Waals surface area contributed by atoms with Crippen molar-refractivity contribution in [1.82, 2.24) is 26.2 Å². The number of carbonyl (C=O) groups excluding carboxylic acids is 8. The highest BCUT2D eigenvalue weighted by Crippen LogP contribution is 2.13. The van der Waals surface area contributed by atoms with Gasteiger partial charge >= 0.3 is 12.0 Å². The minimum atomic E-state index is -1.11. The van der Waals surface area contributed by atoms with E-state index in [1.807, 2.05) is 13.8 Å². The maximum absolute atomic E-state index is 13.2. The molecule has 0 aromatic heterocycles. The number of nitrogens with two attached hydrogens (primary N) is 1. The van der Waals surface area contributed by atoms with Crippen LogP contribution >= 0.6 is 0 Å². The summed E-state index contributed by atoms with van der Waals surface area (Å²) in [7, 11) is 0. The third-order valence-electron chi connectivity index (χ3n) is 6.84. The van der Waals surface area contributed by atoms with Crippen LogP contribution in [0.25, 0.3) is 0 Å². The van der Waals surface area contributed by atoms with Crippen molar-refractivity contribution in [3.05, 3.63) is 42.0 Å². The topological polar surface area (TPSA) is 235 Å². The standard InChI is InChI=1S/C31H43N7O9/c1-18(2)16-24(36-25(40)13-15-38-26(41)11-12-27(38)42)30(45)34-19(3)28(43)37-23(6-5-14-33-31(32)46)29(44)35-22-9-7-21(8-10-22)17-47-20(4)39/h7-12,18-19,23-24H,5-6,13-17H2,1-4H3,(H,34,45)(H,35,44)(H,36,40)(H,37,43)(H3,32,33,46)/t19-,23-,24+/m0/s1. The van der Waals surface area contributed by atoms with Crippen molar-refractivity contribution in [3.63, 3.8) is 0 Å². The molecule has 1 aliphatic heterocycles. The molecule has 0 unspecified atom stereocenters. The molecule has 1 aliphatic rings. The molecule has 0 spiro atoms. The van der Waals surface area contributed by atoms with Gasteiger partial charge in [0.1, 0.15) is 24.7 Å². The molecule has 0 saturated heterocycles. The first-order valence-electron chi connectivity index (χ1n) is 15.2. The van der Waals surface area contributed by atoms with Gasteiger partial charge in [0, 0.05) is 44.3 Å². The van der Waals surface area contributed by atoms with Crippen LogP contribution in [0.3, 0.4) is 0 Å². The number of hydrogen-bond acceptors (Lipinski definition) is 9. The molecule has 0 bridgehead atoms. The van der Waals surface area contributed by atoms with Crippen LogP contribution in [0.1, 0.15) is 58.9 Å². The zero-order valence-electron chi connectivity index (χ0n) is 26.9. The van der Waals surface area contributed by atoms with Crippen LogP contribution < -0.4 is 32.3 Å². The zero-order chi connectivity index (χ0) is 35.1. The van der Waals surface area contributed by atoms with Gasteiger partial charge in [-0.05, 0) is 49.8 Å². The van der Waals surface area contributed by atoms with Gasteiger partial charge in [0.15, 0.2) is 0 Å². The van der Waals surface area contributed by atoms with Crippen LogP contribution in [-0.4, -0.2) is 83.6 Å². The molecule has 0 fully saturated rings. The molecule has 1 heterocycles. The number of amides is 8. The molecule has 47 heavy (non-hydrogen) atoms. The normalized spacial score (nSPS) is 14.2. The molecule has 16 heteroatoms. The Morgan fingerprint density at radius 2 is 1.49 bits per heavy atom. The molecular formula is C31H43N7O9. The van der Waals surface area contributed by atoms with Crippen LogP contribution in [0.15, 0.2) is 36.4 Å². The molecule has 16 nitrogen and oxygen atoms in total. The van der Waals surface area contributed by atoms with Crippen molar-refractivity contribution in [2.45, 2.75) is 78.1 Å². The number of nitrogens with one attached hydrogen (secondary N) is 5. The van der Waals surface area contributed by atoms with Gasteiger partial charge < -0.3 is 37.1 Å². The minimum absolute atomic E-state index is 0.0149. The van der Waals surface area contributed by atoms with Crippen molar-refractivity contribution in [1.29, 1.82) is 0 Å². The smallest absolute Gasteiger partial charge is 0.312 e. The average molecular weight is 658 g/mol. The highest BCUT2D eigenvalue weighted by molar-refractivity contribution is 6.13. The molecule has 8 amide bonds. The molecule has 7 N–H and O–H groups in total. The van der Waals surface area contributed by atoms with E-state index in [0.717, 1.165) is 17.1 Å². The lowest BCUT2D eigenvalue weighted by Crippen LogP contribution is -2.55. The number of carbonyl (C=O) groups is 8. The zero-order valence-corrected chi connectivity index (χ0v) is 26.9. The summed E-state index contributed by atoms with van der Waals surface area (Å²) < 4.78 is 4.95. The molecule has 0 radical (unpaired) electrons. The monoisotopic (exact) mass is 657 g/mol. The molecule has 1 aromatic carbocycles. The summed E-state index contributed by atoms with van der Waals surface area (Å²) in [6, 6.07) is 2.61. The lowest BCUT2D eigenvalue weighted by molar-refractivity contribution is -0.142. The Morgan fingerprint density at radius 1 is 0.851 bits per heavy atom. The van der Waals surface area contributed by atoms with E-state index < -0.39 is 65.6 Å². The molecule has 0 aliphatic carbocycles. The number of esters is 1. The van der Waals surface area contributed by atoms with Crippen LogP contribution in [-0.2, 0) is 44.9 Å². The number of urea groups is 1. The Hall–Kier alpha value is -5.28. The summed E-state index contributed by atoms with van der Waals surface area (Å²) in [6.07, 6.45) is 2.66. The fourth-order valence-corrected chi connectivity index (χ4v) is 4.40. The highest BCUT2D eigenvalue weighted by atomic mass is 16.5. The van der Waals surface area contributed by atoms with Crippen LogP contribution in [0.5, 0.6) is 0 Å². The second kappa shape index (κ2) is 18.6. The highest BCUT2D eigenvalue weighted by Gasteiger charge is 2.29. The Morgan fingerprint density at radius 3 is 2.06 bits per heavy atom. The summed E-state index contributed by atoms with van der Waals surface area (Å²) in [5.74, 6) is -3.92. The third kappa shape index (κ3) is 13.7. The summed E-state index contributed by atoms with van der Waals surface area (Å²) >= 11 is 0. The van der Waals surface area contributed by atoms with Gasteiger partial charge in [-0.2, -0.15) is 0 Å². The second-order valence-corrected chi connectivity index (χ2v) is 11.4. The second-order valence-electron chi connectivity index (χ2n) is 11.4. The lowest BCUT2D eigenvalue weighted by Gasteiger charge is -2.24. The first kappa shape index (κ1) is 37.9. The van der Waals surface area contributed by atoms with Gasteiger partial charge in [0.25, 0.3) is 11.8 Å². The maximum atomic E-state index is 13.2. The number of ether oxygens (including phenoxy) is 1. The van der Waals surface area contributed by atoms with Gasteiger partial charge in [0.2, 0.25) is 23.6 Å². The first-order valence-corrected chi connectivity index (χ1v) is 15.2.